The van der Waals surface area contributed by atoms with Gasteiger partial charge >= 0.3 is 0 Å². The Morgan fingerprint density at radius 2 is 2.21 bits per heavy atom. The van der Waals surface area contributed by atoms with Gasteiger partial charge in [-0.1, -0.05) is 5.92 Å². The van der Waals surface area contributed by atoms with Crippen LogP contribution in [0.5, 0.6) is 0 Å². The van der Waals surface area contributed by atoms with Crippen LogP contribution < -0.4 is 5.32 Å². The molecule has 0 aromatic carbocycles. The molecule has 0 saturated heterocycles. The summed E-state index contributed by atoms with van der Waals surface area (Å²) in [5.41, 5.74) is -0.865. The van der Waals surface area contributed by atoms with Crippen molar-refractivity contribution >= 4 is 5.91 Å². The first-order valence-electron chi connectivity index (χ1n) is 4.47. The van der Waals surface area contributed by atoms with Crippen molar-refractivity contribution in [2.75, 3.05) is 26.7 Å². The Hall–Kier alpha value is -1.05. The molecule has 14 heavy (non-hydrogen) atoms. The molecular formula is C10H18N2O2. The fraction of sp³-hybridized carbons (Fsp3) is 0.700. The summed E-state index contributed by atoms with van der Waals surface area (Å²) in [6.45, 7) is 4.21. The Labute approximate surface area is 85.3 Å². The van der Waals surface area contributed by atoms with Gasteiger partial charge in [-0.3, -0.25) is 10.1 Å². The summed E-state index contributed by atoms with van der Waals surface area (Å²) >= 11 is 0. The maximum atomic E-state index is 11.4. The summed E-state index contributed by atoms with van der Waals surface area (Å²) < 4.78 is 0. The number of nitrogens with one attached hydrogen (secondary N) is 1. The van der Waals surface area contributed by atoms with Crippen molar-refractivity contribution in [1.82, 2.24) is 10.2 Å². The monoisotopic (exact) mass is 198 g/mol. The minimum Gasteiger partial charge on any atom is -0.389 e. The Morgan fingerprint density at radius 1 is 1.64 bits per heavy atom. The van der Waals surface area contributed by atoms with E-state index in [9.17, 15) is 9.90 Å². The van der Waals surface area contributed by atoms with E-state index in [1.54, 1.807) is 20.9 Å². The zero-order valence-electron chi connectivity index (χ0n) is 9.00. The fourth-order valence-electron chi connectivity index (χ4n) is 1.05. The van der Waals surface area contributed by atoms with Gasteiger partial charge in [0.15, 0.2) is 0 Å². The molecule has 80 valence electrons. The Bertz CT molecular complexity index is 225. The Kier molecular flexibility index (Phi) is 5.21. The van der Waals surface area contributed by atoms with E-state index in [-0.39, 0.29) is 12.5 Å². The maximum Gasteiger partial charge on any atom is 0.236 e. The first-order chi connectivity index (χ1) is 6.37. The Balaban J connectivity index is 3.84. The molecule has 1 amide bonds. The van der Waals surface area contributed by atoms with Gasteiger partial charge in [0.2, 0.25) is 5.91 Å². The minimum absolute atomic E-state index is 0.0811. The van der Waals surface area contributed by atoms with E-state index in [4.69, 9.17) is 6.42 Å². The molecule has 0 bridgehead atoms. The highest BCUT2D eigenvalue weighted by molar-refractivity contribution is 5.78. The van der Waals surface area contributed by atoms with Crippen molar-refractivity contribution in [2.24, 2.45) is 0 Å². The van der Waals surface area contributed by atoms with Crippen LogP contribution in [-0.4, -0.2) is 48.2 Å². The van der Waals surface area contributed by atoms with E-state index in [1.807, 2.05) is 0 Å². The number of carbonyl (C=O) groups is 1. The highest BCUT2D eigenvalue weighted by atomic mass is 16.3. The van der Waals surface area contributed by atoms with Crippen molar-refractivity contribution in [3.05, 3.63) is 0 Å². The molecule has 2 N–H and O–H groups in total. The minimum atomic E-state index is -0.865. The molecule has 0 aromatic heterocycles. The number of rotatable bonds is 5. The van der Waals surface area contributed by atoms with Crippen molar-refractivity contribution in [2.45, 2.75) is 19.4 Å². The van der Waals surface area contributed by atoms with Crippen molar-refractivity contribution in [1.29, 1.82) is 0 Å². The molecule has 4 nitrogen and oxygen atoms in total. The standard InChI is InChI=1S/C10H18N2O2/c1-5-6-11-7-9(13)12(4)8-10(2,3)14/h1,11,14H,6-8H2,2-4H3. The van der Waals surface area contributed by atoms with E-state index in [1.165, 1.54) is 4.90 Å². The number of hydrogen-bond acceptors (Lipinski definition) is 3. The summed E-state index contributed by atoms with van der Waals surface area (Å²) in [5.74, 6) is 2.30. The first kappa shape index (κ1) is 12.9. The molecule has 0 fully saturated rings. The summed E-state index contributed by atoms with van der Waals surface area (Å²) in [6.07, 6.45) is 5.02. The molecule has 0 saturated carbocycles. The lowest BCUT2D eigenvalue weighted by molar-refractivity contribution is -0.131. The lowest BCUT2D eigenvalue weighted by atomic mass is 10.1. The fourth-order valence-corrected chi connectivity index (χ4v) is 1.05. The highest BCUT2D eigenvalue weighted by Crippen LogP contribution is 2.02. The molecule has 0 rings (SSSR count). The van der Waals surface area contributed by atoms with Crippen LogP contribution in [0.1, 0.15) is 13.8 Å². The first-order valence-corrected chi connectivity index (χ1v) is 4.47. The molecule has 0 heterocycles. The molecule has 0 radical (unpaired) electrons. The van der Waals surface area contributed by atoms with Crippen molar-refractivity contribution < 1.29 is 9.90 Å². The normalized spacial score (nSPS) is 10.8. The lowest BCUT2D eigenvalue weighted by Gasteiger charge is -2.25. The molecule has 0 unspecified atom stereocenters. The van der Waals surface area contributed by atoms with Gasteiger partial charge in [-0.05, 0) is 13.8 Å². The summed E-state index contributed by atoms with van der Waals surface area (Å²) in [7, 11) is 1.65. The van der Waals surface area contributed by atoms with Crippen LogP contribution in [0.4, 0.5) is 0 Å². The Morgan fingerprint density at radius 3 is 2.64 bits per heavy atom. The zero-order chi connectivity index (χ0) is 11.2. The second-order valence-corrected chi connectivity index (χ2v) is 3.87. The summed E-state index contributed by atoms with van der Waals surface area (Å²) in [5, 5.41) is 12.3. The third-order valence-corrected chi connectivity index (χ3v) is 1.55. The molecule has 0 spiro atoms. The number of terminal acetylenes is 1. The molecule has 4 heteroatoms. The number of carbonyl (C=O) groups excluding carboxylic acids is 1. The lowest BCUT2D eigenvalue weighted by Crippen LogP contribution is -2.43. The van der Waals surface area contributed by atoms with Crippen LogP contribution in [-0.2, 0) is 4.79 Å². The van der Waals surface area contributed by atoms with Gasteiger partial charge in [0.05, 0.1) is 18.7 Å². The predicted molar refractivity (Wildman–Crippen MR) is 55.6 cm³/mol. The van der Waals surface area contributed by atoms with E-state index in [0.717, 1.165) is 0 Å². The number of likely N-dealkylation sites (N-methyl/N-ethyl adjacent to an activating group) is 1. The number of amides is 1. The third kappa shape index (κ3) is 6.46. The topological polar surface area (TPSA) is 52.6 Å². The average molecular weight is 198 g/mol. The van der Waals surface area contributed by atoms with Crippen LogP contribution in [0.15, 0.2) is 0 Å². The largest absolute Gasteiger partial charge is 0.389 e. The second kappa shape index (κ2) is 5.63. The van der Waals surface area contributed by atoms with Gasteiger partial charge in [-0.25, -0.2) is 0 Å². The number of hydrogen-bond donors (Lipinski definition) is 2. The molecule has 0 aromatic rings. The van der Waals surface area contributed by atoms with Crippen molar-refractivity contribution in [3.8, 4) is 12.3 Å². The third-order valence-electron chi connectivity index (χ3n) is 1.55. The van der Waals surface area contributed by atoms with Crippen LogP contribution in [0.25, 0.3) is 0 Å². The maximum absolute atomic E-state index is 11.4. The average Bonchev–Trinajstić information content (AvgIpc) is 2.01. The molecule has 0 aliphatic heterocycles. The second-order valence-electron chi connectivity index (χ2n) is 3.87. The van der Waals surface area contributed by atoms with Gasteiger partial charge in [0.25, 0.3) is 0 Å². The van der Waals surface area contributed by atoms with Gasteiger partial charge in [-0.2, -0.15) is 0 Å². The summed E-state index contributed by atoms with van der Waals surface area (Å²) in [6, 6.07) is 0. The number of nitrogens with zero attached hydrogens (tertiary/aromatic N) is 1. The molecular weight excluding hydrogens is 180 g/mol. The van der Waals surface area contributed by atoms with Gasteiger partial charge in [-0.15, -0.1) is 6.42 Å². The highest BCUT2D eigenvalue weighted by Gasteiger charge is 2.18. The SMILES string of the molecule is C#CCNCC(=O)N(C)CC(C)(C)O. The van der Waals surface area contributed by atoms with Gasteiger partial charge < -0.3 is 10.0 Å². The van der Waals surface area contributed by atoms with E-state index < -0.39 is 5.60 Å². The molecule has 0 aliphatic carbocycles. The van der Waals surface area contributed by atoms with E-state index in [0.29, 0.717) is 13.1 Å². The van der Waals surface area contributed by atoms with Crippen LogP contribution in [0, 0.1) is 12.3 Å². The smallest absolute Gasteiger partial charge is 0.236 e. The van der Waals surface area contributed by atoms with Gasteiger partial charge in [0, 0.05) is 13.6 Å². The van der Waals surface area contributed by atoms with E-state index >= 15 is 0 Å². The van der Waals surface area contributed by atoms with Crippen LogP contribution >= 0.6 is 0 Å². The predicted octanol–water partition coefficient (Wildman–Crippen LogP) is -0.561. The quantitative estimate of drug-likeness (QED) is 0.460. The van der Waals surface area contributed by atoms with E-state index in [2.05, 4.69) is 11.2 Å². The number of aliphatic hydroxyl groups is 1. The summed E-state index contributed by atoms with van der Waals surface area (Å²) in [4.78, 5) is 12.9. The zero-order valence-corrected chi connectivity index (χ0v) is 9.00. The van der Waals surface area contributed by atoms with Gasteiger partial charge in [0.1, 0.15) is 0 Å². The van der Waals surface area contributed by atoms with Crippen LogP contribution in [0.3, 0.4) is 0 Å². The molecule has 0 aliphatic rings. The van der Waals surface area contributed by atoms with Crippen LogP contribution in [0.2, 0.25) is 0 Å². The molecule has 0 atom stereocenters. The van der Waals surface area contributed by atoms with Crippen molar-refractivity contribution in [3.63, 3.8) is 0 Å².